The number of carbonyl (C=O) groups excluding carboxylic acids is 1. The highest BCUT2D eigenvalue weighted by atomic mass is 32.2. The summed E-state index contributed by atoms with van der Waals surface area (Å²) in [6, 6.07) is 5.75. The van der Waals surface area contributed by atoms with Gasteiger partial charge in [0, 0.05) is 25.2 Å². The number of hydrogen-bond donors (Lipinski definition) is 2. The van der Waals surface area contributed by atoms with Gasteiger partial charge in [-0.05, 0) is 31.0 Å². The Morgan fingerprint density at radius 3 is 2.61 bits per heavy atom. The Bertz CT molecular complexity index is 712. The van der Waals surface area contributed by atoms with Gasteiger partial charge in [0.25, 0.3) is 5.91 Å². The first kappa shape index (κ1) is 17.4. The van der Waals surface area contributed by atoms with E-state index in [2.05, 4.69) is 4.72 Å². The van der Waals surface area contributed by atoms with Crippen molar-refractivity contribution >= 4 is 21.9 Å². The first-order chi connectivity index (χ1) is 10.7. The smallest absolute Gasteiger partial charge is 0.308 e. The molecule has 1 amide bonds. The molecule has 1 aromatic carbocycles. The van der Waals surface area contributed by atoms with Gasteiger partial charge in [-0.1, -0.05) is 13.0 Å². The molecule has 0 aliphatic heterocycles. The van der Waals surface area contributed by atoms with E-state index in [1.165, 1.54) is 43.1 Å². The number of carboxylic acids is 1. The minimum atomic E-state index is -3.63. The summed E-state index contributed by atoms with van der Waals surface area (Å²) in [6.45, 7) is 1.55. The van der Waals surface area contributed by atoms with Crippen molar-refractivity contribution in [1.29, 1.82) is 0 Å². The minimum absolute atomic E-state index is 0.0153. The molecule has 1 unspecified atom stereocenters. The Balaban J connectivity index is 2.15. The van der Waals surface area contributed by atoms with Crippen LogP contribution < -0.4 is 4.72 Å². The Morgan fingerprint density at radius 2 is 2.04 bits per heavy atom. The van der Waals surface area contributed by atoms with E-state index in [0.717, 1.165) is 12.8 Å². The molecule has 0 spiro atoms. The number of hydrogen-bond acceptors (Lipinski definition) is 4. The third-order valence-corrected chi connectivity index (χ3v) is 5.12. The summed E-state index contributed by atoms with van der Waals surface area (Å²) in [5, 5.41) is 8.90. The number of sulfonamides is 1. The quantitative estimate of drug-likeness (QED) is 0.768. The fourth-order valence-electron chi connectivity index (χ4n) is 2.08. The van der Waals surface area contributed by atoms with E-state index in [4.69, 9.17) is 5.11 Å². The first-order valence-electron chi connectivity index (χ1n) is 7.31. The minimum Gasteiger partial charge on any atom is -0.481 e. The van der Waals surface area contributed by atoms with Gasteiger partial charge in [0.2, 0.25) is 10.0 Å². The van der Waals surface area contributed by atoms with Crippen LogP contribution in [0.1, 0.15) is 30.1 Å². The molecule has 1 aromatic rings. The number of nitrogens with zero attached hydrogens (tertiary/aromatic N) is 1. The number of benzene rings is 1. The molecule has 23 heavy (non-hydrogen) atoms. The molecule has 1 aliphatic carbocycles. The lowest BCUT2D eigenvalue weighted by molar-refractivity contribution is -0.141. The number of aliphatic carboxylic acids is 1. The van der Waals surface area contributed by atoms with Crippen molar-refractivity contribution in [2.45, 2.75) is 30.7 Å². The standard InChI is InChI=1S/C15H20N2O5S/c1-10(15(19)20)9-17(2)14(18)11-4-3-5-13(8-11)23(21,22)16-12-6-7-12/h3-5,8,10,12,16H,6-7,9H2,1-2H3,(H,19,20). The second-order valence-corrected chi connectivity index (χ2v) is 7.56. The van der Waals surface area contributed by atoms with Gasteiger partial charge in [0.1, 0.15) is 0 Å². The summed E-state index contributed by atoms with van der Waals surface area (Å²) >= 11 is 0. The second-order valence-electron chi connectivity index (χ2n) is 5.85. The number of carbonyl (C=O) groups is 2. The maximum Gasteiger partial charge on any atom is 0.308 e. The van der Waals surface area contributed by atoms with Crippen molar-refractivity contribution in [1.82, 2.24) is 9.62 Å². The fraction of sp³-hybridized carbons (Fsp3) is 0.467. The highest BCUT2D eigenvalue weighted by molar-refractivity contribution is 7.89. The van der Waals surface area contributed by atoms with Crippen LogP contribution in [0.3, 0.4) is 0 Å². The maximum absolute atomic E-state index is 12.3. The third kappa shape index (κ3) is 4.52. The van der Waals surface area contributed by atoms with Gasteiger partial charge in [-0.25, -0.2) is 13.1 Å². The van der Waals surface area contributed by atoms with Crippen LogP contribution in [0.4, 0.5) is 0 Å². The van der Waals surface area contributed by atoms with Gasteiger partial charge in [-0.15, -0.1) is 0 Å². The third-order valence-electron chi connectivity index (χ3n) is 3.61. The van der Waals surface area contributed by atoms with Crippen LogP contribution in [-0.2, 0) is 14.8 Å². The van der Waals surface area contributed by atoms with Gasteiger partial charge in [0.15, 0.2) is 0 Å². The zero-order valence-corrected chi connectivity index (χ0v) is 13.8. The van der Waals surface area contributed by atoms with Gasteiger partial charge in [-0.2, -0.15) is 0 Å². The molecule has 0 bridgehead atoms. The summed E-state index contributed by atoms with van der Waals surface area (Å²) in [7, 11) is -2.14. The van der Waals surface area contributed by atoms with Crippen molar-refractivity contribution in [3.8, 4) is 0 Å². The molecule has 1 saturated carbocycles. The summed E-state index contributed by atoms with van der Waals surface area (Å²) < 4.78 is 26.9. The Kier molecular flexibility index (Phi) is 5.06. The van der Waals surface area contributed by atoms with Crippen LogP contribution in [0.15, 0.2) is 29.2 Å². The zero-order chi connectivity index (χ0) is 17.2. The second kappa shape index (κ2) is 6.67. The van der Waals surface area contributed by atoms with Crippen molar-refractivity contribution in [3.63, 3.8) is 0 Å². The molecule has 2 rings (SSSR count). The Hall–Kier alpha value is -1.93. The lowest BCUT2D eigenvalue weighted by Crippen LogP contribution is -2.34. The molecule has 0 saturated heterocycles. The van der Waals surface area contributed by atoms with Gasteiger partial charge < -0.3 is 10.0 Å². The highest BCUT2D eigenvalue weighted by Crippen LogP contribution is 2.22. The number of amides is 1. The normalized spacial score (nSPS) is 15.9. The van der Waals surface area contributed by atoms with Crippen molar-refractivity contribution in [3.05, 3.63) is 29.8 Å². The molecule has 1 aliphatic rings. The Labute approximate surface area is 135 Å². The van der Waals surface area contributed by atoms with E-state index in [0.29, 0.717) is 0 Å². The monoisotopic (exact) mass is 340 g/mol. The highest BCUT2D eigenvalue weighted by Gasteiger charge is 2.28. The van der Waals surface area contributed by atoms with E-state index < -0.39 is 27.8 Å². The van der Waals surface area contributed by atoms with Crippen LogP contribution >= 0.6 is 0 Å². The molecule has 0 radical (unpaired) electrons. The molecule has 8 heteroatoms. The summed E-state index contributed by atoms with van der Waals surface area (Å²) in [4.78, 5) is 24.5. The fourth-order valence-corrected chi connectivity index (χ4v) is 3.43. The summed E-state index contributed by atoms with van der Waals surface area (Å²) in [5.41, 5.74) is 0.212. The van der Waals surface area contributed by atoms with E-state index in [-0.39, 0.29) is 23.0 Å². The van der Waals surface area contributed by atoms with Crippen LogP contribution in [0.2, 0.25) is 0 Å². The van der Waals surface area contributed by atoms with E-state index in [1.54, 1.807) is 0 Å². The molecule has 2 N–H and O–H groups in total. The van der Waals surface area contributed by atoms with Crippen LogP contribution in [-0.4, -0.2) is 49.9 Å². The maximum atomic E-state index is 12.3. The molecular formula is C15H20N2O5S. The number of nitrogens with one attached hydrogen (secondary N) is 1. The van der Waals surface area contributed by atoms with Crippen molar-refractivity contribution < 1.29 is 23.1 Å². The molecule has 1 atom stereocenters. The van der Waals surface area contributed by atoms with Crippen LogP contribution in [0, 0.1) is 5.92 Å². The predicted molar refractivity (Wildman–Crippen MR) is 83.5 cm³/mol. The number of carboxylic acid groups (broad SMARTS) is 1. The topological polar surface area (TPSA) is 104 Å². The van der Waals surface area contributed by atoms with Crippen molar-refractivity contribution in [2.24, 2.45) is 5.92 Å². The predicted octanol–water partition coefficient (Wildman–Crippen LogP) is 0.920. The van der Waals surface area contributed by atoms with Gasteiger partial charge >= 0.3 is 5.97 Å². The molecule has 7 nitrogen and oxygen atoms in total. The van der Waals surface area contributed by atoms with Crippen molar-refractivity contribution in [2.75, 3.05) is 13.6 Å². The van der Waals surface area contributed by atoms with E-state index >= 15 is 0 Å². The molecule has 0 heterocycles. The zero-order valence-electron chi connectivity index (χ0n) is 13.0. The van der Waals surface area contributed by atoms with E-state index in [9.17, 15) is 18.0 Å². The molecule has 126 valence electrons. The summed E-state index contributed by atoms with van der Waals surface area (Å²) in [5.74, 6) is -2.11. The molecular weight excluding hydrogens is 320 g/mol. The van der Waals surface area contributed by atoms with E-state index in [1.807, 2.05) is 0 Å². The first-order valence-corrected chi connectivity index (χ1v) is 8.79. The van der Waals surface area contributed by atoms with Crippen LogP contribution in [0.5, 0.6) is 0 Å². The SMILES string of the molecule is CC(CN(C)C(=O)c1cccc(S(=O)(=O)NC2CC2)c1)C(=O)O. The largest absolute Gasteiger partial charge is 0.481 e. The van der Waals surface area contributed by atoms with Crippen LogP contribution in [0.25, 0.3) is 0 Å². The average molecular weight is 340 g/mol. The lowest BCUT2D eigenvalue weighted by Gasteiger charge is -2.19. The lowest BCUT2D eigenvalue weighted by atomic mass is 10.1. The summed E-state index contributed by atoms with van der Waals surface area (Å²) in [6.07, 6.45) is 1.65. The van der Waals surface area contributed by atoms with Gasteiger partial charge in [0.05, 0.1) is 10.8 Å². The van der Waals surface area contributed by atoms with Gasteiger partial charge in [-0.3, -0.25) is 9.59 Å². The Morgan fingerprint density at radius 1 is 1.39 bits per heavy atom. The number of rotatable bonds is 7. The molecule has 1 fully saturated rings. The average Bonchev–Trinajstić information content (AvgIpc) is 3.29. The molecule has 0 aromatic heterocycles.